The smallest absolute Gasteiger partial charge is 0.191 e. The first-order valence-corrected chi connectivity index (χ1v) is 12.3. The number of aliphatic imine (C=N–C) groups is 1. The number of halogens is 1. The van der Waals surface area contributed by atoms with Gasteiger partial charge in [0.1, 0.15) is 0 Å². The number of thiazole rings is 1. The number of likely N-dealkylation sites (tertiary alicyclic amines) is 1. The zero-order valence-electron chi connectivity index (χ0n) is 18.1. The Labute approximate surface area is 197 Å². The predicted octanol–water partition coefficient (Wildman–Crippen LogP) is 4.23. The van der Waals surface area contributed by atoms with Crippen LogP contribution in [0.4, 0.5) is 0 Å². The summed E-state index contributed by atoms with van der Waals surface area (Å²) < 4.78 is 0.182. The number of thioether (sulfide) groups is 1. The minimum atomic E-state index is 0. The molecule has 5 nitrogen and oxygen atoms in total. The van der Waals surface area contributed by atoms with Crippen LogP contribution < -0.4 is 10.6 Å². The molecule has 28 heavy (non-hydrogen) atoms. The minimum absolute atomic E-state index is 0. The highest BCUT2D eigenvalue weighted by atomic mass is 127. The van der Waals surface area contributed by atoms with Gasteiger partial charge in [0.05, 0.1) is 17.2 Å². The van der Waals surface area contributed by atoms with E-state index in [9.17, 15) is 0 Å². The molecule has 0 amide bonds. The number of nitrogens with zero attached hydrogens (tertiary/aromatic N) is 3. The lowest BCUT2D eigenvalue weighted by Gasteiger charge is -2.32. The van der Waals surface area contributed by atoms with Gasteiger partial charge in [0.15, 0.2) is 5.96 Å². The monoisotopic (exact) mass is 539 g/mol. The second-order valence-corrected chi connectivity index (χ2v) is 10.3. The molecule has 1 saturated heterocycles. The van der Waals surface area contributed by atoms with Crippen LogP contribution in [0.3, 0.4) is 0 Å². The van der Waals surface area contributed by atoms with Gasteiger partial charge in [-0.25, -0.2) is 4.98 Å². The second kappa shape index (κ2) is 13.3. The van der Waals surface area contributed by atoms with E-state index in [1.54, 1.807) is 11.3 Å². The van der Waals surface area contributed by atoms with Crippen molar-refractivity contribution in [3.8, 4) is 0 Å². The summed E-state index contributed by atoms with van der Waals surface area (Å²) in [5.41, 5.74) is 1.24. The molecule has 0 aromatic carbocycles. The molecule has 1 aromatic rings. The molecular formula is C20H38IN5S2. The highest BCUT2D eigenvalue weighted by Gasteiger charge is 2.20. The van der Waals surface area contributed by atoms with Crippen LogP contribution in [0, 0.1) is 5.92 Å². The maximum Gasteiger partial charge on any atom is 0.191 e. The van der Waals surface area contributed by atoms with Crippen molar-refractivity contribution in [3.63, 3.8) is 0 Å². The molecule has 0 atom stereocenters. The van der Waals surface area contributed by atoms with Crippen molar-refractivity contribution in [2.75, 3.05) is 39.0 Å². The summed E-state index contributed by atoms with van der Waals surface area (Å²) in [6.07, 6.45) is 5.68. The molecule has 0 spiro atoms. The fourth-order valence-corrected chi connectivity index (χ4v) is 4.01. The van der Waals surface area contributed by atoms with Gasteiger partial charge in [0.25, 0.3) is 0 Å². The molecule has 2 N–H and O–H groups in total. The van der Waals surface area contributed by atoms with E-state index in [-0.39, 0.29) is 28.7 Å². The number of aromatic nitrogens is 1. The first-order valence-electron chi connectivity index (χ1n) is 10.2. The molecule has 0 bridgehead atoms. The molecule has 162 valence electrons. The van der Waals surface area contributed by atoms with E-state index in [1.165, 1.54) is 36.6 Å². The summed E-state index contributed by atoms with van der Waals surface area (Å²) in [6.45, 7) is 14.9. The van der Waals surface area contributed by atoms with Gasteiger partial charge >= 0.3 is 0 Å². The van der Waals surface area contributed by atoms with Crippen LogP contribution in [-0.4, -0.2) is 59.6 Å². The van der Waals surface area contributed by atoms with Gasteiger partial charge in [-0.3, -0.25) is 9.89 Å². The van der Waals surface area contributed by atoms with Crippen molar-refractivity contribution in [1.29, 1.82) is 0 Å². The number of piperidine rings is 1. The average molecular weight is 540 g/mol. The van der Waals surface area contributed by atoms with Crippen LogP contribution in [0.2, 0.25) is 0 Å². The van der Waals surface area contributed by atoms with Crippen LogP contribution in [0.25, 0.3) is 0 Å². The molecule has 8 heteroatoms. The summed E-state index contributed by atoms with van der Waals surface area (Å²) in [4.78, 5) is 12.0. The maximum atomic E-state index is 4.78. The molecule has 0 saturated carbocycles. The molecule has 0 aliphatic carbocycles. The summed E-state index contributed by atoms with van der Waals surface area (Å²) in [5.74, 6) is 1.68. The van der Waals surface area contributed by atoms with Gasteiger partial charge in [0.2, 0.25) is 0 Å². The molecule has 0 radical (unpaired) electrons. The first-order chi connectivity index (χ1) is 13.0. The lowest BCUT2D eigenvalue weighted by Crippen LogP contribution is -2.43. The molecule has 1 aliphatic rings. The van der Waals surface area contributed by atoms with E-state index in [1.807, 2.05) is 11.8 Å². The molecule has 1 aromatic heterocycles. The molecule has 2 heterocycles. The standard InChI is InChI=1S/C20H37N5S2.HI/c1-6-18-24-17(14-27-18)13-25-10-8-16(9-11-25)12-22-19(21-7-2)23-15-20(3,4)26-5;/h14,16H,6-13,15H2,1-5H3,(H2,21,22,23);1H. The van der Waals surface area contributed by atoms with E-state index in [2.05, 4.69) is 54.9 Å². The number of guanidine groups is 1. The summed E-state index contributed by atoms with van der Waals surface area (Å²) in [5, 5.41) is 10.4. The Balaban J connectivity index is 0.00000392. The predicted molar refractivity (Wildman–Crippen MR) is 136 cm³/mol. The van der Waals surface area contributed by atoms with Crippen molar-refractivity contribution < 1.29 is 0 Å². The summed E-state index contributed by atoms with van der Waals surface area (Å²) in [7, 11) is 0. The zero-order valence-corrected chi connectivity index (χ0v) is 22.0. The van der Waals surface area contributed by atoms with Gasteiger partial charge in [-0.1, -0.05) is 6.92 Å². The van der Waals surface area contributed by atoms with Crippen LogP contribution in [0.1, 0.15) is 51.2 Å². The van der Waals surface area contributed by atoms with Crippen LogP contribution in [-0.2, 0) is 13.0 Å². The molecular weight excluding hydrogens is 501 g/mol. The fraction of sp³-hybridized carbons (Fsp3) is 0.800. The topological polar surface area (TPSA) is 52.6 Å². The number of rotatable bonds is 9. The van der Waals surface area contributed by atoms with E-state index < -0.39 is 0 Å². The lowest BCUT2D eigenvalue weighted by atomic mass is 9.97. The normalized spacial score (nSPS) is 16.7. The van der Waals surface area contributed by atoms with Gasteiger partial charge in [-0.15, -0.1) is 35.3 Å². The fourth-order valence-electron chi connectivity index (χ4n) is 3.08. The third-order valence-electron chi connectivity index (χ3n) is 5.07. The van der Waals surface area contributed by atoms with Crippen LogP contribution in [0.5, 0.6) is 0 Å². The van der Waals surface area contributed by atoms with E-state index in [0.29, 0.717) is 0 Å². The van der Waals surface area contributed by atoms with Crippen LogP contribution >= 0.6 is 47.1 Å². The van der Waals surface area contributed by atoms with Crippen molar-refractivity contribution in [2.45, 2.75) is 58.2 Å². The number of hydrogen-bond donors (Lipinski definition) is 2. The van der Waals surface area contributed by atoms with Crippen molar-refractivity contribution in [2.24, 2.45) is 10.9 Å². The molecule has 2 rings (SSSR count). The molecule has 1 fully saturated rings. The highest BCUT2D eigenvalue weighted by molar-refractivity contribution is 14.0. The average Bonchev–Trinajstić information content (AvgIpc) is 3.13. The van der Waals surface area contributed by atoms with E-state index >= 15 is 0 Å². The SMILES string of the molecule is CCNC(=NCC(C)(C)SC)NCC1CCN(Cc2csc(CC)n2)CC1.I. The largest absolute Gasteiger partial charge is 0.357 e. The Kier molecular flexibility index (Phi) is 12.3. The van der Waals surface area contributed by atoms with Crippen molar-refractivity contribution in [1.82, 2.24) is 20.5 Å². The van der Waals surface area contributed by atoms with Gasteiger partial charge in [0, 0.05) is 29.8 Å². The van der Waals surface area contributed by atoms with Crippen molar-refractivity contribution >= 4 is 53.0 Å². The quantitative estimate of drug-likeness (QED) is 0.280. The zero-order chi connectivity index (χ0) is 19.7. The van der Waals surface area contributed by atoms with Gasteiger partial charge in [-0.05, 0) is 65.3 Å². The summed E-state index contributed by atoms with van der Waals surface area (Å²) >= 11 is 3.66. The minimum Gasteiger partial charge on any atom is -0.357 e. The van der Waals surface area contributed by atoms with Gasteiger partial charge < -0.3 is 10.6 Å². The number of aryl methyl sites for hydroxylation is 1. The highest BCUT2D eigenvalue weighted by Crippen LogP contribution is 2.21. The first kappa shape index (κ1) is 26.0. The third kappa shape index (κ3) is 9.17. The third-order valence-corrected chi connectivity index (χ3v) is 7.34. The Hall–Kier alpha value is -0.0600. The Bertz CT molecular complexity index is 583. The Morgan fingerprint density at radius 1 is 1.32 bits per heavy atom. The Morgan fingerprint density at radius 3 is 2.61 bits per heavy atom. The Morgan fingerprint density at radius 2 is 2.04 bits per heavy atom. The van der Waals surface area contributed by atoms with E-state index in [0.717, 1.165) is 44.5 Å². The lowest BCUT2D eigenvalue weighted by molar-refractivity contribution is 0.176. The van der Waals surface area contributed by atoms with Crippen LogP contribution in [0.15, 0.2) is 10.4 Å². The maximum absolute atomic E-state index is 4.78. The second-order valence-electron chi connectivity index (χ2n) is 7.85. The number of nitrogens with one attached hydrogen (secondary N) is 2. The van der Waals surface area contributed by atoms with Crippen molar-refractivity contribution in [3.05, 3.63) is 16.1 Å². The number of hydrogen-bond acceptors (Lipinski definition) is 5. The van der Waals surface area contributed by atoms with E-state index in [4.69, 9.17) is 9.98 Å². The molecule has 0 unspecified atom stereocenters. The van der Waals surface area contributed by atoms with Gasteiger partial charge in [-0.2, -0.15) is 11.8 Å². The summed E-state index contributed by atoms with van der Waals surface area (Å²) in [6, 6.07) is 0. The molecule has 1 aliphatic heterocycles.